The largest absolute Gasteiger partial charge is 0.393 e. The average Bonchev–Trinajstić information content (AvgIpc) is 3.01. The third-order valence-electron chi connectivity index (χ3n) is 3.82. The van der Waals surface area contributed by atoms with E-state index in [1.165, 1.54) is 6.42 Å². The highest BCUT2D eigenvalue weighted by Crippen LogP contribution is 2.27. The first-order valence-corrected chi connectivity index (χ1v) is 6.71. The molecule has 6 heteroatoms. The van der Waals surface area contributed by atoms with Crippen molar-refractivity contribution < 1.29 is 9.63 Å². The Morgan fingerprint density at radius 3 is 3.00 bits per heavy atom. The second-order valence-electron chi connectivity index (χ2n) is 5.22. The SMILES string of the molecule is Cn1cncc1-c1noc(CC2CCCCC2O)n1. The molecule has 0 aromatic carbocycles. The van der Waals surface area contributed by atoms with Gasteiger partial charge in [0.15, 0.2) is 0 Å². The number of aliphatic hydroxyl groups excluding tert-OH is 1. The van der Waals surface area contributed by atoms with Crippen LogP contribution in [0.25, 0.3) is 11.5 Å². The maximum absolute atomic E-state index is 9.96. The molecule has 2 unspecified atom stereocenters. The summed E-state index contributed by atoms with van der Waals surface area (Å²) in [6.07, 6.45) is 8.04. The van der Waals surface area contributed by atoms with Gasteiger partial charge in [-0.05, 0) is 18.8 Å². The van der Waals surface area contributed by atoms with E-state index in [1.807, 2.05) is 11.6 Å². The van der Waals surface area contributed by atoms with Gasteiger partial charge in [-0.1, -0.05) is 18.0 Å². The van der Waals surface area contributed by atoms with Crippen molar-refractivity contribution >= 4 is 0 Å². The van der Waals surface area contributed by atoms with E-state index in [2.05, 4.69) is 15.1 Å². The normalized spacial score (nSPS) is 23.7. The first kappa shape index (κ1) is 12.3. The number of aromatic nitrogens is 4. The Kier molecular flexibility index (Phi) is 3.33. The van der Waals surface area contributed by atoms with Crippen LogP contribution in [0.5, 0.6) is 0 Å². The van der Waals surface area contributed by atoms with E-state index >= 15 is 0 Å². The second-order valence-corrected chi connectivity index (χ2v) is 5.22. The van der Waals surface area contributed by atoms with Gasteiger partial charge in [-0.15, -0.1) is 0 Å². The van der Waals surface area contributed by atoms with Gasteiger partial charge in [0, 0.05) is 13.5 Å². The number of imidazole rings is 1. The van der Waals surface area contributed by atoms with Crippen molar-refractivity contribution in [3.05, 3.63) is 18.4 Å². The number of hydrogen-bond donors (Lipinski definition) is 1. The molecule has 19 heavy (non-hydrogen) atoms. The lowest BCUT2D eigenvalue weighted by atomic mass is 9.84. The van der Waals surface area contributed by atoms with Crippen LogP contribution < -0.4 is 0 Å². The zero-order valence-corrected chi connectivity index (χ0v) is 11.0. The van der Waals surface area contributed by atoms with Gasteiger partial charge in [0.1, 0.15) is 5.69 Å². The summed E-state index contributed by atoms with van der Waals surface area (Å²) in [5.41, 5.74) is 0.833. The Labute approximate surface area is 111 Å². The standard InChI is InChI=1S/C13H18N4O2/c1-17-8-14-7-10(17)13-15-12(19-16-13)6-9-4-2-3-5-11(9)18/h7-9,11,18H,2-6H2,1H3. The Morgan fingerprint density at radius 2 is 2.26 bits per heavy atom. The highest BCUT2D eigenvalue weighted by molar-refractivity contribution is 5.46. The molecule has 0 saturated heterocycles. The lowest BCUT2D eigenvalue weighted by molar-refractivity contribution is 0.0657. The molecule has 6 nitrogen and oxygen atoms in total. The van der Waals surface area contributed by atoms with Crippen LogP contribution in [0.4, 0.5) is 0 Å². The lowest BCUT2D eigenvalue weighted by Gasteiger charge is -2.26. The summed E-state index contributed by atoms with van der Waals surface area (Å²) in [6.45, 7) is 0. The Hall–Kier alpha value is -1.69. The van der Waals surface area contributed by atoms with Crippen LogP contribution in [0.1, 0.15) is 31.6 Å². The van der Waals surface area contributed by atoms with Gasteiger partial charge in [0.25, 0.3) is 0 Å². The van der Waals surface area contributed by atoms with Crippen LogP contribution in [0, 0.1) is 5.92 Å². The minimum absolute atomic E-state index is 0.235. The van der Waals surface area contributed by atoms with Crippen LogP contribution >= 0.6 is 0 Å². The van der Waals surface area contributed by atoms with E-state index in [9.17, 15) is 5.11 Å². The summed E-state index contributed by atoms with van der Waals surface area (Å²) in [5.74, 6) is 1.40. The Bertz CT molecular complexity index is 548. The molecule has 1 saturated carbocycles. The predicted octanol–water partition coefficient (Wildman–Crippen LogP) is 1.56. The smallest absolute Gasteiger partial charge is 0.227 e. The van der Waals surface area contributed by atoms with Crippen molar-refractivity contribution in [2.24, 2.45) is 13.0 Å². The summed E-state index contributed by atoms with van der Waals surface area (Å²) in [5, 5.41) is 13.9. The first-order valence-electron chi connectivity index (χ1n) is 6.71. The van der Waals surface area contributed by atoms with Crippen molar-refractivity contribution in [2.75, 3.05) is 0 Å². The molecule has 2 atom stereocenters. The van der Waals surface area contributed by atoms with Gasteiger partial charge in [-0.3, -0.25) is 0 Å². The van der Waals surface area contributed by atoms with E-state index in [0.29, 0.717) is 18.1 Å². The van der Waals surface area contributed by atoms with Crippen molar-refractivity contribution in [1.29, 1.82) is 0 Å². The van der Waals surface area contributed by atoms with Crippen molar-refractivity contribution in [1.82, 2.24) is 19.7 Å². The number of aryl methyl sites for hydroxylation is 1. The van der Waals surface area contributed by atoms with E-state index in [-0.39, 0.29) is 12.0 Å². The third-order valence-corrected chi connectivity index (χ3v) is 3.82. The zero-order chi connectivity index (χ0) is 13.2. The molecular weight excluding hydrogens is 244 g/mol. The zero-order valence-electron chi connectivity index (χ0n) is 11.0. The first-order chi connectivity index (χ1) is 9.24. The summed E-state index contributed by atoms with van der Waals surface area (Å²) in [7, 11) is 1.89. The quantitative estimate of drug-likeness (QED) is 0.908. The predicted molar refractivity (Wildman–Crippen MR) is 68.2 cm³/mol. The molecule has 1 aliphatic rings. The number of nitrogens with zero attached hydrogens (tertiary/aromatic N) is 4. The van der Waals surface area contributed by atoms with Gasteiger partial charge in [0.05, 0.1) is 18.6 Å². The molecule has 1 aliphatic carbocycles. The van der Waals surface area contributed by atoms with Crippen LogP contribution in [-0.2, 0) is 13.5 Å². The second kappa shape index (κ2) is 5.13. The van der Waals surface area contributed by atoms with Gasteiger partial charge in [-0.2, -0.15) is 4.98 Å². The van der Waals surface area contributed by atoms with Gasteiger partial charge in [0.2, 0.25) is 11.7 Å². The molecule has 1 N–H and O–H groups in total. The van der Waals surface area contributed by atoms with E-state index in [4.69, 9.17) is 4.52 Å². The van der Waals surface area contributed by atoms with Gasteiger partial charge in [-0.25, -0.2) is 4.98 Å². The summed E-state index contributed by atoms with van der Waals surface area (Å²) < 4.78 is 7.13. The Morgan fingerprint density at radius 1 is 1.42 bits per heavy atom. The number of rotatable bonds is 3. The summed E-state index contributed by atoms with van der Waals surface area (Å²) in [6, 6.07) is 0. The van der Waals surface area contributed by atoms with Crippen LogP contribution in [0.15, 0.2) is 17.0 Å². The monoisotopic (exact) mass is 262 g/mol. The fraction of sp³-hybridized carbons (Fsp3) is 0.615. The molecule has 3 rings (SSSR count). The maximum Gasteiger partial charge on any atom is 0.227 e. The maximum atomic E-state index is 9.96. The van der Waals surface area contributed by atoms with Crippen molar-refractivity contribution in [3.63, 3.8) is 0 Å². The van der Waals surface area contributed by atoms with Gasteiger partial charge >= 0.3 is 0 Å². The average molecular weight is 262 g/mol. The molecule has 1 fully saturated rings. The van der Waals surface area contributed by atoms with Crippen LogP contribution in [0.2, 0.25) is 0 Å². The van der Waals surface area contributed by atoms with Crippen LogP contribution in [-0.4, -0.2) is 30.9 Å². The third kappa shape index (κ3) is 2.53. The molecule has 2 aromatic rings. The van der Waals surface area contributed by atoms with Gasteiger partial charge < -0.3 is 14.2 Å². The topological polar surface area (TPSA) is 77.0 Å². The molecular formula is C13H18N4O2. The minimum Gasteiger partial charge on any atom is -0.393 e. The molecule has 102 valence electrons. The molecule has 2 heterocycles. The molecule has 0 aliphatic heterocycles. The highest BCUT2D eigenvalue weighted by atomic mass is 16.5. The van der Waals surface area contributed by atoms with E-state index in [0.717, 1.165) is 25.0 Å². The molecule has 0 amide bonds. The fourth-order valence-electron chi connectivity index (χ4n) is 2.66. The van der Waals surface area contributed by atoms with E-state index in [1.54, 1.807) is 12.5 Å². The van der Waals surface area contributed by atoms with E-state index < -0.39 is 0 Å². The summed E-state index contributed by atoms with van der Waals surface area (Å²) >= 11 is 0. The molecule has 0 spiro atoms. The Balaban J connectivity index is 1.73. The highest BCUT2D eigenvalue weighted by Gasteiger charge is 2.25. The minimum atomic E-state index is -0.235. The fourth-order valence-corrected chi connectivity index (χ4v) is 2.66. The summed E-state index contributed by atoms with van der Waals surface area (Å²) in [4.78, 5) is 8.43. The molecule has 2 aromatic heterocycles. The lowest BCUT2D eigenvalue weighted by Crippen LogP contribution is -2.26. The van der Waals surface area contributed by atoms with Crippen LogP contribution in [0.3, 0.4) is 0 Å². The number of hydrogen-bond acceptors (Lipinski definition) is 5. The molecule has 0 radical (unpaired) electrons. The number of aliphatic hydroxyl groups is 1. The van der Waals surface area contributed by atoms with Crippen molar-refractivity contribution in [2.45, 2.75) is 38.2 Å². The molecule has 0 bridgehead atoms. The van der Waals surface area contributed by atoms with Crippen molar-refractivity contribution in [3.8, 4) is 11.5 Å².